The first-order chi connectivity index (χ1) is 19.7. The molecule has 0 fully saturated rings. The number of halogens is 2. The third-order valence-electron chi connectivity index (χ3n) is 9.73. The van der Waals surface area contributed by atoms with Gasteiger partial charge in [0, 0.05) is 43.5 Å². The van der Waals surface area contributed by atoms with Crippen LogP contribution in [0, 0.1) is 0 Å². The molecule has 6 rings (SSSR count). The van der Waals surface area contributed by atoms with Crippen molar-refractivity contribution in [2.45, 2.75) is 89.6 Å². The van der Waals surface area contributed by atoms with Gasteiger partial charge in [0.2, 0.25) is 0 Å². The molecule has 4 aromatic rings. The van der Waals surface area contributed by atoms with E-state index in [1.165, 1.54) is 58.0 Å². The number of hydrogen-bond acceptors (Lipinski definition) is 1. The van der Waals surface area contributed by atoms with E-state index in [-0.39, 0.29) is 56.3 Å². The van der Waals surface area contributed by atoms with E-state index < -0.39 is 8.07 Å². The first-order valence-corrected chi connectivity index (χ1v) is 18.6. The van der Waals surface area contributed by atoms with Gasteiger partial charge in [-0.15, -0.1) is 0 Å². The van der Waals surface area contributed by atoms with Crippen LogP contribution in [0.15, 0.2) is 83.9 Å². The summed E-state index contributed by atoms with van der Waals surface area (Å²) in [7, 11) is -2.01. The molecule has 1 nitrogen and oxygen atoms in total. The van der Waals surface area contributed by atoms with E-state index in [1.807, 2.05) is 0 Å². The SMILES string of the molecule is CC1=Cc2ccc3ccccc3c2C1[Si](C)(CCCCCCOC(C)(C)C)C1C(C)=Cc2ccc3ccccc3c21.[Cl-].[Cl-].[Hf]. The Morgan fingerprint density at radius 3 is 1.57 bits per heavy atom. The largest absolute Gasteiger partial charge is 1.00 e. The van der Waals surface area contributed by atoms with Gasteiger partial charge in [-0.25, -0.2) is 0 Å². The summed E-state index contributed by atoms with van der Waals surface area (Å²) >= 11 is 0. The minimum atomic E-state index is -2.01. The van der Waals surface area contributed by atoms with Crippen LogP contribution in [0.1, 0.15) is 93.6 Å². The second-order valence-electron chi connectivity index (χ2n) is 13.9. The molecule has 5 heteroatoms. The molecule has 0 saturated heterocycles. The van der Waals surface area contributed by atoms with Crippen LogP contribution < -0.4 is 24.8 Å². The van der Waals surface area contributed by atoms with Gasteiger partial charge >= 0.3 is 0 Å². The summed E-state index contributed by atoms with van der Waals surface area (Å²) < 4.78 is 6.02. The average molecular weight is 808 g/mol. The monoisotopic (exact) mass is 808 g/mol. The van der Waals surface area contributed by atoms with Gasteiger partial charge in [0.05, 0.1) is 13.7 Å². The number of hydrogen-bond donors (Lipinski definition) is 0. The predicted molar refractivity (Wildman–Crippen MR) is 181 cm³/mol. The zero-order valence-electron chi connectivity index (χ0n) is 27.1. The fourth-order valence-corrected chi connectivity index (χ4v) is 14.3. The van der Waals surface area contributed by atoms with Crippen LogP contribution in [0.5, 0.6) is 0 Å². The quantitative estimate of drug-likeness (QED) is 0.167. The predicted octanol–water partition coefficient (Wildman–Crippen LogP) is 5.23. The topological polar surface area (TPSA) is 9.23 Å². The number of fused-ring (bicyclic) bond motifs is 6. The van der Waals surface area contributed by atoms with Gasteiger partial charge in [-0.05, 0) is 84.8 Å². The molecule has 2 atom stereocenters. The molecule has 0 spiro atoms. The Kier molecular flexibility index (Phi) is 12.6. The molecular weight excluding hydrogens is 762 g/mol. The Labute approximate surface area is 297 Å². The van der Waals surface area contributed by atoms with E-state index >= 15 is 0 Å². The zero-order valence-corrected chi connectivity index (χ0v) is 33.2. The maximum Gasteiger partial charge on any atom is 0.0752 e. The van der Waals surface area contributed by atoms with Crippen molar-refractivity contribution >= 4 is 41.8 Å². The molecule has 44 heavy (non-hydrogen) atoms. The fraction of sp³-hybridized carbons (Fsp3) is 0.385. The van der Waals surface area contributed by atoms with E-state index in [2.05, 4.69) is 126 Å². The number of rotatable bonds is 9. The second kappa shape index (κ2) is 14.9. The molecule has 0 saturated carbocycles. The van der Waals surface area contributed by atoms with Gasteiger partial charge < -0.3 is 29.6 Å². The van der Waals surface area contributed by atoms with Crippen molar-refractivity contribution in [2.75, 3.05) is 6.61 Å². The smallest absolute Gasteiger partial charge is 0.0752 e. The van der Waals surface area contributed by atoms with Gasteiger partial charge in [0.15, 0.2) is 0 Å². The van der Waals surface area contributed by atoms with Crippen LogP contribution in [0.3, 0.4) is 0 Å². The van der Waals surface area contributed by atoms with Crippen molar-refractivity contribution in [3.05, 3.63) is 106 Å². The molecule has 4 aromatic carbocycles. The van der Waals surface area contributed by atoms with Crippen molar-refractivity contribution < 1.29 is 55.4 Å². The van der Waals surface area contributed by atoms with Crippen LogP contribution >= 0.6 is 0 Å². The van der Waals surface area contributed by atoms with E-state index in [4.69, 9.17) is 4.74 Å². The van der Waals surface area contributed by atoms with Crippen LogP contribution in [0.4, 0.5) is 0 Å². The third-order valence-corrected chi connectivity index (χ3v) is 15.3. The maximum absolute atomic E-state index is 6.02. The molecule has 2 aliphatic carbocycles. The Bertz CT molecular complexity index is 1560. The van der Waals surface area contributed by atoms with Crippen molar-refractivity contribution in [1.29, 1.82) is 0 Å². The molecule has 0 bridgehead atoms. The van der Waals surface area contributed by atoms with E-state index in [1.54, 1.807) is 22.3 Å². The number of allylic oxidation sites excluding steroid dienone is 2. The maximum atomic E-state index is 6.02. The summed E-state index contributed by atoms with van der Waals surface area (Å²) in [5, 5.41) is 5.66. The summed E-state index contributed by atoms with van der Waals surface area (Å²) in [5.41, 5.74) is 10.2. The summed E-state index contributed by atoms with van der Waals surface area (Å²) in [6.07, 6.45) is 10.0. The summed E-state index contributed by atoms with van der Waals surface area (Å²) in [6, 6.07) is 28.9. The molecule has 0 aliphatic heterocycles. The fourth-order valence-electron chi connectivity index (χ4n) is 8.13. The molecule has 0 heterocycles. The standard InChI is InChI=1S/C39H46OSi.2ClH.Hf/c1-27-25-31-21-19-29-15-9-11-17-33(29)35(31)37(27)41(6,24-14-8-7-13-23-40-39(3,4)5)38-28(2)26-32-22-20-30-16-10-12-18-34(30)36(32)38;;;/h9-12,15-22,25-26,37-38H,7-8,13-14,23-24H2,1-6H3;2*1H;/p-2. The Morgan fingerprint density at radius 1 is 0.636 bits per heavy atom. The van der Waals surface area contributed by atoms with Gasteiger partial charge in [-0.3, -0.25) is 0 Å². The Balaban J connectivity index is 0.00000176. The van der Waals surface area contributed by atoms with E-state index in [0.29, 0.717) is 11.1 Å². The second-order valence-corrected chi connectivity index (χ2v) is 18.5. The van der Waals surface area contributed by atoms with Crippen molar-refractivity contribution in [3.8, 4) is 0 Å². The van der Waals surface area contributed by atoms with Crippen molar-refractivity contribution in [3.63, 3.8) is 0 Å². The van der Waals surface area contributed by atoms with Crippen molar-refractivity contribution in [2.24, 2.45) is 0 Å². The minimum absolute atomic E-state index is 0. The third kappa shape index (κ3) is 7.08. The van der Waals surface area contributed by atoms with Gasteiger partial charge in [-0.1, -0.05) is 128 Å². The van der Waals surface area contributed by atoms with E-state index in [0.717, 1.165) is 13.0 Å². The summed E-state index contributed by atoms with van der Waals surface area (Å²) in [5.74, 6) is 0. The molecule has 232 valence electrons. The number of ether oxygens (including phenoxy) is 1. The molecule has 0 radical (unpaired) electrons. The molecule has 2 aliphatic rings. The Hall–Kier alpha value is -1.49. The van der Waals surface area contributed by atoms with Gasteiger partial charge in [0.1, 0.15) is 0 Å². The number of benzene rings is 4. The Morgan fingerprint density at radius 2 is 1.09 bits per heavy atom. The molecule has 0 aromatic heterocycles. The van der Waals surface area contributed by atoms with Gasteiger partial charge in [0.25, 0.3) is 0 Å². The molecular formula is C39H46Cl2HfOSi-2. The van der Waals surface area contributed by atoms with Crippen molar-refractivity contribution in [1.82, 2.24) is 0 Å². The minimum Gasteiger partial charge on any atom is -1.00 e. The van der Waals surface area contributed by atoms with Crippen LogP contribution in [0.25, 0.3) is 33.7 Å². The molecule has 0 N–H and O–H groups in total. The number of unbranched alkanes of at least 4 members (excludes halogenated alkanes) is 3. The normalized spacial score (nSPS) is 18.3. The van der Waals surface area contributed by atoms with Crippen LogP contribution in [-0.2, 0) is 30.6 Å². The van der Waals surface area contributed by atoms with Gasteiger partial charge in [-0.2, -0.15) is 0 Å². The summed E-state index contributed by atoms with van der Waals surface area (Å²) in [6.45, 7) is 14.9. The first kappa shape index (κ1) is 37.0. The van der Waals surface area contributed by atoms with Crippen LogP contribution in [-0.4, -0.2) is 20.3 Å². The summed E-state index contributed by atoms with van der Waals surface area (Å²) in [4.78, 5) is 0. The first-order valence-electron chi connectivity index (χ1n) is 15.7. The average Bonchev–Trinajstić information content (AvgIpc) is 3.48. The van der Waals surface area contributed by atoms with Crippen LogP contribution in [0.2, 0.25) is 12.6 Å². The zero-order chi connectivity index (χ0) is 28.8. The molecule has 0 amide bonds. The van der Waals surface area contributed by atoms with E-state index in [9.17, 15) is 0 Å². The molecule has 2 unspecified atom stereocenters.